The first-order valence-electron chi connectivity index (χ1n) is 36.2. The van der Waals surface area contributed by atoms with Gasteiger partial charge in [0.1, 0.15) is 25.4 Å². The van der Waals surface area contributed by atoms with Crippen molar-refractivity contribution in [2.45, 2.75) is 0 Å². The monoisotopic (exact) mass is 1710 g/mol. The molecule has 7 heterocycles. The quantitative estimate of drug-likeness (QED) is 0.0946. The number of halogens is 6. The number of benzene rings is 15. The van der Waals surface area contributed by atoms with Crippen molar-refractivity contribution >= 4 is 205 Å². The van der Waals surface area contributed by atoms with Gasteiger partial charge < -0.3 is 13.7 Å². The molecule has 0 fully saturated rings. The Bertz CT molecular complexity index is 7170. The fourth-order valence-corrected chi connectivity index (χ4v) is 15.5. The molecule has 0 aliphatic rings. The van der Waals surface area contributed by atoms with Crippen LogP contribution in [0, 0.1) is 0 Å². The van der Waals surface area contributed by atoms with Crippen molar-refractivity contribution in [1.82, 2.24) is 42.2 Å². The topological polar surface area (TPSA) is 67.7 Å². The summed E-state index contributed by atoms with van der Waals surface area (Å²) in [4.78, 5) is 14.5. The van der Waals surface area contributed by atoms with Gasteiger partial charge in [0.25, 0.3) is 0 Å². The molecule has 9 nitrogen and oxygen atoms in total. The van der Waals surface area contributed by atoms with Crippen LogP contribution in [-0.4, -0.2) is 56.4 Å². The second kappa shape index (κ2) is 31.8. The van der Waals surface area contributed by atoms with E-state index in [2.05, 4.69) is 364 Å². The molecule has 22 aromatic rings. The van der Waals surface area contributed by atoms with Crippen LogP contribution in [0.1, 0.15) is 0 Å². The minimum absolute atomic E-state index is 0.583. The Morgan fingerprint density at radius 3 is 1.14 bits per heavy atom. The van der Waals surface area contributed by atoms with Gasteiger partial charge in [-0.05, 0) is 157 Å². The molecule has 0 bridgehead atoms. The van der Waals surface area contributed by atoms with Crippen molar-refractivity contribution in [3.8, 4) is 39.8 Å². The Hall–Kier alpha value is -10.8. The number of rotatable bonds is 6. The van der Waals surface area contributed by atoms with Crippen LogP contribution in [0.2, 0.25) is 0 Å². The zero-order chi connectivity index (χ0) is 76.5. The van der Waals surface area contributed by atoms with Crippen molar-refractivity contribution < 1.29 is 9.60 Å². The van der Waals surface area contributed by atoms with E-state index in [1.54, 1.807) is 0 Å². The first-order valence-corrected chi connectivity index (χ1v) is 51.5. The van der Waals surface area contributed by atoms with Crippen LogP contribution < -0.4 is 0 Å². The zero-order valence-corrected chi connectivity index (χ0v) is 68.4. The molecule has 15 aromatic carbocycles. The van der Waals surface area contributed by atoms with Gasteiger partial charge in [-0.15, -0.1) is 0 Å². The molecule has 0 saturated heterocycles. The third-order valence-corrected chi connectivity index (χ3v) is 20.2. The fraction of sp³-hybridized carbons (Fsp3) is 0.0106. The Morgan fingerprint density at radius 2 is 0.643 bits per heavy atom. The Labute approximate surface area is 677 Å². The number of para-hydroxylation sites is 15. The molecule has 0 spiro atoms. The largest absolute Gasteiger partial charge is 0.309 e. The average molecular weight is 1720 g/mol. The Balaban J connectivity index is 0.000000109. The van der Waals surface area contributed by atoms with E-state index in [1.165, 1.54) is 98.5 Å². The Morgan fingerprint density at radius 1 is 0.295 bits per heavy atom. The maximum absolute atomic E-state index is 5.11. The molecule has 1 unspecified atom stereocenters. The number of hydrogen-bond acceptors (Lipinski definition) is 3. The molecular formula is C94H66BBrCl5MoN9P. The molecule has 1 atom stereocenters. The third-order valence-electron chi connectivity index (χ3n) is 19.7. The summed E-state index contributed by atoms with van der Waals surface area (Å²) in [5, 5.41) is 11.2. The maximum Gasteiger partial charge on any atom is 0.146 e. The van der Waals surface area contributed by atoms with Crippen LogP contribution in [-0.2, 0) is 9.60 Å². The van der Waals surface area contributed by atoms with E-state index in [0.29, 0.717) is 8.46 Å². The van der Waals surface area contributed by atoms with Crippen molar-refractivity contribution in [2.75, 3.05) is 6.66 Å². The molecule has 0 aliphatic heterocycles. The summed E-state index contributed by atoms with van der Waals surface area (Å²) in [7, 11) is 26.4. The van der Waals surface area contributed by atoms with Gasteiger partial charge in [-0.1, -0.05) is 241 Å². The normalized spacial score (nSPS) is 11.9. The first kappa shape index (κ1) is 74.0. The van der Waals surface area contributed by atoms with E-state index < -0.39 is 9.60 Å². The number of fused-ring (bicyclic) bond motifs is 19. The van der Waals surface area contributed by atoms with Crippen LogP contribution >= 0.6 is 71.5 Å². The van der Waals surface area contributed by atoms with E-state index >= 15 is 0 Å². The van der Waals surface area contributed by atoms with Crippen LogP contribution in [0.5, 0.6) is 0 Å². The van der Waals surface area contributed by atoms with Gasteiger partial charge in [0, 0.05) is 81.6 Å². The summed E-state index contributed by atoms with van der Waals surface area (Å²) < 4.78 is 14.8. The molecule has 0 N–H and O–H groups in total. The fourth-order valence-electron chi connectivity index (χ4n) is 15.2. The molecule has 0 amide bonds. The standard InChI is InChI=1S/C31H19N3.C31H21N3.C18H12BrN.C13H10N2.CH4BP.5ClH.Mo/c1-2-10-20(11-3-1)33-27-15-7-5-13-22(27)24-18-23-21-12-4-8-16-28(21)34-29-17-9-6-14-26(29)32-31(34)25(23)19-30(24)33;1-3-11-23(12-4-1)33-28-17-9-7-15-25(28)26-20-19-22(21-30(26)33)31-32-27-16-8-10-18-29(27)34(31)24-13-5-2-6-14-24;19-13-10-11-16-15-8-4-5-9-17(15)20(18(16)12-13)14-6-2-1-3-7-14;1-2-6-11(7-3-1)15-10-14-12-8-4-5-9-13(12)15;1-3-2;;;;;;/h1-19H;1-21H;1-12H;1-10H;3H,1H3;5*1H;/q;;;;;;;;;;+5/p-5. The zero-order valence-electron chi connectivity index (χ0n) is 60.1. The molecular weight excluding hydrogens is 1650 g/mol. The number of imidazole rings is 3. The molecule has 0 aliphatic carbocycles. The SMILES string of the molecule is Brc1ccc2c3ccccc3n(-c3ccccc3)c2c1.[B]PC.[Cl][Mo]([Cl])([Cl])([Cl])[Cl].c1ccc(-n2c(-c3ccc4c5ccccc5n(-c5ccccc5)c4c3)nc3ccccc32)cc1.c1ccc(-n2c3ccccc3c3cc4c5ccccc5n5c6ccccc6nc5c4cc32)cc1.c1ccc(-n2cnc3ccccc32)cc1. The summed E-state index contributed by atoms with van der Waals surface area (Å²) in [6, 6.07) is 130. The van der Waals surface area contributed by atoms with E-state index in [1.807, 2.05) is 67.6 Å². The van der Waals surface area contributed by atoms with E-state index in [-0.39, 0.29) is 0 Å². The second-order valence-corrected chi connectivity index (χ2v) is 58.5. The molecule has 2 radical (unpaired) electrons. The predicted octanol–water partition coefficient (Wildman–Crippen LogP) is 28.1. The Kier molecular flexibility index (Phi) is 21.0. The smallest absolute Gasteiger partial charge is 0.146 e. The summed E-state index contributed by atoms with van der Waals surface area (Å²) >= 11 is 3.58. The number of nitrogens with zero attached hydrogens (tertiary/aromatic N) is 9. The summed E-state index contributed by atoms with van der Waals surface area (Å²) in [5.41, 5.74) is 22.7. The first-order chi connectivity index (χ1) is 54.7. The van der Waals surface area contributed by atoms with E-state index in [9.17, 15) is 0 Å². The van der Waals surface area contributed by atoms with Gasteiger partial charge in [0.05, 0.1) is 71.7 Å². The van der Waals surface area contributed by atoms with Crippen molar-refractivity contribution in [1.29, 1.82) is 0 Å². The van der Waals surface area contributed by atoms with Gasteiger partial charge in [-0.2, -0.15) is 8.46 Å². The summed E-state index contributed by atoms with van der Waals surface area (Å²) in [6.07, 6.45) is 1.86. The van der Waals surface area contributed by atoms with E-state index in [0.717, 1.165) is 71.7 Å². The minimum Gasteiger partial charge on any atom is -0.309 e. The molecule has 22 rings (SSSR count). The number of aromatic nitrogens is 9. The van der Waals surface area contributed by atoms with Crippen molar-refractivity contribution in [2.24, 2.45) is 0 Å². The van der Waals surface area contributed by atoms with Crippen LogP contribution in [0.4, 0.5) is 0 Å². The van der Waals surface area contributed by atoms with Gasteiger partial charge in [0.2, 0.25) is 0 Å². The summed E-state index contributed by atoms with van der Waals surface area (Å²) in [5.74, 6) is 0.944. The summed E-state index contributed by atoms with van der Waals surface area (Å²) in [6.45, 7) is 1.93. The number of pyridine rings is 1. The third kappa shape index (κ3) is 14.9. The minimum atomic E-state index is -4.26. The van der Waals surface area contributed by atoms with Crippen molar-refractivity contribution in [3.05, 3.63) is 381 Å². The predicted molar refractivity (Wildman–Crippen MR) is 482 cm³/mol. The molecule has 112 heavy (non-hydrogen) atoms. The molecule has 18 heteroatoms. The van der Waals surface area contributed by atoms with Gasteiger partial charge in [-0.25, -0.2) is 15.0 Å². The average Bonchev–Trinajstić information content (AvgIpc) is 1.54. The van der Waals surface area contributed by atoms with Crippen molar-refractivity contribution in [3.63, 3.8) is 0 Å². The van der Waals surface area contributed by atoms with Gasteiger partial charge in [0.15, 0.2) is 0 Å². The molecule has 543 valence electrons. The number of hydrogen-bond donors (Lipinski definition) is 0. The van der Waals surface area contributed by atoms with Crippen LogP contribution in [0.25, 0.3) is 166 Å². The van der Waals surface area contributed by atoms with Crippen LogP contribution in [0.15, 0.2) is 381 Å². The molecule has 7 aromatic heterocycles. The van der Waals surface area contributed by atoms with E-state index in [4.69, 9.17) is 64.6 Å². The second-order valence-electron chi connectivity index (χ2n) is 26.6. The van der Waals surface area contributed by atoms with Gasteiger partial charge in [-0.3, -0.25) is 13.5 Å². The van der Waals surface area contributed by atoms with Crippen LogP contribution in [0.3, 0.4) is 0 Å². The maximum atomic E-state index is 5.11. The molecule has 0 saturated carbocycles. The van der Waals surface area contributed by atoms with Gasteiger partial charge >= 0.3 is 56.7 Å².